The minimum atomic E-state index is -3.87. The normalized spacial score (nSPS) is 11.3. The Morgan fingerprint density at radius 2 is 1.65 bits per heavy atom. The summed E-state index contributed by atoms with van der Waals surface area (Å²) in [5.41, 5.74) is 3.42. The van der Waals surface area contributed by atoms with Crippen LogP contribution in [0.5, 0.6) is 0 Å². The lowest BCUT2D eigenvalue weighted by molar-refractivity contribution is 0.0696. The van der Waals surface area contributed by atoms with Gasteiger partial charge in [-0.1, -0.05) is 17.7 Å². The number of rotatable bonds is 4. The van der Waals surface area contributed by atoms with Crippen LogP contribution in [0.15, 0.2) is 35.2 Å². The van der Waals surface area contributed by atoms with Crippen molar-refractivity contribution in [1.82, 2.24) is 0 Å². The molecule has 0 aromatic heterocycles. The molecule has 2 rings (SSSR count). The van der Waals surface area contributed by atoms with Crippen LogP contribution < -0.4 is 4.72 Å². The molecule has 2 aromatic carbocycles. The molecular weight excluding hydrogens is 314 g/mol. The molecule has 0 aliphatic rings. The molecule has 0 radical (unpaired) electrons. The topological polar surface area (TPSA) is 83.5 Å². The summed E-state index contributed by atoms with van der Waals surface area (Å²) in [7, 11) is -3.87. The average molecular weight is 333 g/mol. The predicted octanol–water partition coefficient (Wildman–Crippen LogP) is 3.42. The second-order valence-electron chi connectivity index (χ2n) is 5.65. The minimum absolute atomic E-state index is 0.0186. The van der Waals surface area contributed by atoms with E-state index in [-0.39, 0.29) is 10.5 Å². The molecule has 0 unspecified atom stereocenters. The average Bonchev–Trinajstić information content (AvgIpc) is 2.44. The molecular formula is C17H19NO4S. The summed E-state index contributed by atoms with van der Waals surface area (Å²) in [6.45, 7) is 7.10. The second-order valence-corrected chi connectivity index (χ2v) is 7.30. The minimum Gasteiger partial charge on any atom is -0.478 e. The predicted molar refractivity (Wildman–Crippen MR) is 89.6 cm³/mol. The fraction of sp³-hybridized carbons (Fsp3) is 0.235. The summed E-state index contributed by atoms with van der Waals surface area (Å²) in [6.07, 6.45) is 0. The molecule has 0 bridgehead atoms. The van der Waals surface area contributed by atoms with Crippen molar-refractivity contribution in [1.29, 1.82) is 0 Å². The SMILES string of the molecule is Cc1ccc(NS(=O)(=O)c2cc(C(=O)O)cc(C)c2C)c(C)c1. The monoisotopic (exact) mass is 333 g/mol. The van der Waals surface area contributed by atoms with Crippen molar-refractivity contribution in [3.05, 3.63) is 58.1 Å². The molecule has 0 amide bonds. The van der Waals surface area contributed by atoms with Crippen molar-refractivity contribution in [3.63, 3.8) is 0 Å². The number of hydrogen-bond acceptors (Lipinski definition) is 3. The number of anilines is 1. The van der Waals surface area contributed by atoms with Gasteiger partial charge in [-0.2, -0.15) is 0 Å². The third kappa shape index (κ3) is 3.53. The Morgan fingerprint density at radius 1 is 1.00 bits per heavy atom. The van der Waals surface area contributed by atoms with Crippen LogP contribution in [0.25, 0.3) is 0 Å². The highest BCUT2D eigenvalue weighted by atomic mass is 32.2. The zero-order valence-electron chi connectivity index (χ0n) is 13.5. The molecule has 0 heterocycles. The summed E-state index contributed by atoms with van der Waals surface area (Å²) < 4.78 is 27.9. The third-order valence-corrected chi connectivity index (χ3v) is 5.27. The first-order chi connectivity index (χ1) is 10.6. The van der Waals surface area contributed by atoms with Crippen molar-refractivity contribution in [3.8, 4) is 0 Å². The second kappa shape index (κ2) is 6.04. The fourth-order valence-electron chi connectivity index (χ4n) is 2.36. The number of carboxylic acid groups (broad SMARTS) is 1. The van der Waals surface area contributed by atoms with Crippen LogP contribution in [0.2, 0.25) is 0 Å². The number of carboxylic acids is 1. The van der Waals surface area contributed by atoms with Gasteiger partial charge in [0.05, 0.1) is 16.1 Å². The zero-order chi connectivity index (χ0) is 17.4. The summed E-state index contributed by atoms with van der Waals surface area (Å²) in [6, 6.07) is 8.05. The maximum absolute atomic E-state index is 12.7. The highest BCUT2D eigenvalue weighted by Crippen LogP contribution is 2.25. The van der Waals surface area contributed by atoms with Crippen molar-refractivity contribution in [2.75, 3.05) is 4.72 Å². The number of aromatic carboxylic acids is 1. The number of hydrogen-bond donors (Lipinski definition) is 2. The molecule has 0 atom stereocenters. The summed E-state index contributed by atoms with van der Waals surface area (Å²) in [4.78, 5) is 11.2. The summed E-state index contributed by atoms with van der Waals surface area (Å²) in [5, 5.41) is 9.14. The highest BCUT2D eigenvalue weighted by Gasteiger charge is 2.21. The van der Waals surface area contributed by atoms with Crippen molar-refractivity contribution in [2.24, 2.45) is 0 Å². The van der Waals surface area contributed by atoms with Gasteiger partial charge in [0.15, 0.2) is 0 Å². The Balaban J connectivity index is 2.53. The van der Waals surface area contributed by atoms with Crippen LogP contribution in [0.4, 0.5) is 5.69 Å². The van der Waals surface area contributed by atoms with E-state index < -0.39 is 16.0 Å². The number of sulfonamides is 1. The van der Waals surface area contributed by atoms with Crippen LogP contribution in [0, 0.1) is 27.7 Å². The van der Waals surface area contributed by atoms with Gasteiger partial charge in [-0.15, -0.1) is 0 Å². The molecule has 0 spiro atoms. The molecule has 0 saturated carbocycles. The Bertz CT molecular complexity index is 886. The van der Waals surface area contributed by atoms with E-state index in [4.69, 9.17) is 5.11 Å². The number of benzene rings is 2. The molecule has 2 aromatic rings. The van der Waals surface area contributed by atoms with Crippen LogP contribution in [-0.4, -0.2) is 19.5 Å². The lowest BCUT2D eigenvalue weighted by Crippen LogP contribution is -2.16. The van der Waals surface area contributed by atoms with Crippen LogP contribution in [0.3, 0.4) is 0 Å². The fourth-order valence-corrected chi connectivity index (χ4v) is 3.83. The van der Waals surface area contributed by atoms with Crippen molar-refractivity contribution >= 4 is 21.7 Å². The van der Waals surface area contributed by atoms with E-state index in [2.05, 4.69) is 4.72 Å². The maximum Gasteiger partial charge on any atom is 0.335 e. The Morgan fingerprint density at radius 3 is 2.22 bits per heavy atom. The van der Waals surface area contributed by atoms with E-state index in [1.54, 1.807) is 19.9 Å². The molecule has 0 aliphatic carbocycles. The Kier molecular flexibility index (Phi) is 4.47. The molecule has 122 valence electrons. The Hall–Kier alpha value is -2.34. The van der Waals surface area contributed by atoms with Crippen molar-refractivity contribution in [2.45, 2.75) is 32.6 Å². The quantitative estimate of drug-likeness (QED) is 0.898. The largest absolute Gasteiger partial charge is 0.478 e. The maximum atomic E-state index is 12.7. The van der Waals surface area contributed by atoms with E-state index in [0.717, 1.165) is 11.1 Å². The molecule has 0 saturated heterocycles. The van der Waals surface area contributed by atoms with Gasteiger partial charge >= 0.3 is 5.97 Å². The van der Waals surface area contributed by atoms with E-state index in [1.807, 2.05) is 26.0 Å². The molecule has 0 aliphatic heterocycles. The highest BCUT2D eigenvalue weighted by molar-refractivity contribution is 7.92. The van der Waals surface area contributed by atoms with Crippen LogP contribution >= 0.6 is 0 Å². The molecule has 0 fully saturated rings. The lowest BCUT2D eigenvalue weighted by atomic mass is 10.1. The molecule has 2 N–H and O–H groups in total. The van der Waals surface area contributed by atoms with Gasteiger partial charge in [0.25, 0.3) is 10.0 Å². The number of carbonyl (C=O) groups is 1. The van der Waals surface area contributed by atoms with E-state index in [0.29, 0.717) is 16.8 Å². The van der Waals surface area contributed by atoms with Gasteiger partial charge in [-0.05, 0) is 62.6 Å². The molecule has 5 nitrogen and oxygen atoms in total. The number of nitrogens with one attached hydrogen (secondary N) is 1. The van der Waals surface area contributed by atoms with Crippen LogP contribution in [-0.2, 0) is 10.0 Å². The first kappa shape index (κ1) is 17.0. The first-order valence-corrected chi connectivity index (χ1v) is 8.55. The van der Waals surface area contributed by atoms with Gasteiger partial charge in [0.2, 0.25) is 0 Å². The lowest BCUT2D eigenvalue weighted by Gasteiger charge is -2.15. The molecule has 6 heteroatoms. The van der Waals surface area contributed by atoms with Gasteiger partial charge < -0.3 is 5.11 Å². The van der Waals surface area contributed by atoms with Gasteiger partial charge in [-0.3, -0.25) is 4.72 Å². The smallest absolute Gasteiger partial charge is 0.335 e. The van der Waals surface area contributed by atoms with Crippen LogP contribution in [0.1, 0.15) is 32.6 Å². The molecule has 23 heavy (non-hydrogen) atoms. The Labute approximate surface area is 136 Å². The van der Waals surface area contributed by atoms with Gasteiger partial charge in [-0.25, -0.2) is 13.2 Å². The summed E-state index contributed by atoms with van der Waals surface area (Å²) >= 11 is 0. The summed E-state index contributed by atoms with van der Waals surface area (Å²) in [5.74, 6) is -1.16. The van der Waals surface area contributed by atoms with E-state index >= 15 is 0 Å². The first-order valence-electron chi connectivity index (χ1n) is 7.06. The standard InChI is InChI=1S/C17H19NO4S/c1-10-5-6-15(12(3)7-10)18-23(21,22)16-9-14(17(19)20)8-11(2)13(16)4/h5-9,18H,1-4H3,(H,19,20). The van der Waals surface area contributed by atoms with Gasteiger partial charge in [0, 0.05) is 0 Å². The zero-order valence-corrected chi connectivity index (χ0v) is 14.3. The third-order valence-electron chi connectivity index (χ3n) is 3.78. The van der Waals surface area contributed by atoms with E-state index in [1.165, 1.54) is 12.1 Å². The number of aryl methyl sites for hydroxylation is 3. The van der Waals surface area contributed by atoms with E-state index in [9.17, 15) is 13.2 Å². The van der Waals surface area contributed by atoms with Crippen molar-refractivity contribution < 1.29 is 18.3 Å². The van der Waals surface area contributed by atoms with Gasteiger partial charge in [0.1, 0.15) is 0 Å².